The Hall–Kier alpha value is -3.19. The first-order valence-corrected chi connectivity index (χ1v) is 10.6. The molecule has 0 bridgehead atoms. The third-order valence-corrected chi connectivity index (χ3v) is 5.54. The van der Waals surface area contributed by atoms with Crippen molar-refractivity contribution in [3.8, 4) is 11.8 Å². The van der Waals surface area contributed by atoms with E-state index in [4.69, 9.17) is 15.0 Å². The summed E-state index contributed by atoms with van der Waals surface area (Å²) in [6.45, 7) is 1.55. The van der Waals surface area contributed by atoms with Crippen LogP contribution in [0.25, 0.3) is 10.4 Å². The molecule has 3 rings (SSSR count). The molecule has 0 saturated carbocycles. The molecule has 186 valence electrons. The fourth-order valence-electron chi connectivity index (χ4n) is 3.87. The molecule has 2 aromatic rings. The molecule has 1 aliphatic heterocycles. The Kier molecular flexibility index (Phi) is 8.33. The van der Waals surface area contributed by atoms with Gasteiger partial charge in [0.05, 0.1) is 30.4 Å². The van der Waals surface area contributed by atoms with Gasteiger partial charge >= 0.3 is 12.4 Å². The van der Waals surface area contributed by atoms with Crippen molar-refractivity contribution in [2.24, 2.45) is 11.0 Å². The van der Waals surface area contributed by atoms with Crippen molar-refractivity contribution >= 4 is 0 Å². The van der Waals surface area contributed by atoms with Crippen LogP contribution in [-0.2, 0) is 21.8 Å². The maximum absolute atomic E-state index is 13.3. The van der Waals surface area contributed by atoms with Gasteiger partial charge in [-0.25, -0.2) is 0 Å². The summed E-state index contributed by atoms with van der Waals surface area (Å²) in [6.07, 6.45) is -11.5. The van der Waals surface area contributed by atoms with Crippen molar-refractivity contribution in [1.82, 2.24) is 0 Å². The van der Waals surface area contributed by atoms with Gasteiger partial charge in [0.15, 0.2) is 6.29 Å². The van der Waals surface area contributed by atoms with E-state index in [0.29, 0.717) is 18.6 Å². The Morgan fingerprint density at radius 1 is 1.09 bits per heavy atom. The Balaban J connectivity index is 1.94. The molecule has 0 radical (unpaired) electrons. The van der Waals surface area contributed by atoms with E-state index in [1.54, 1.807) is 18.2 Å². The zero-order chi connectivity index (χ0) is 25.6. The van der Waals surface area contributed by atoms with Crippen LogP contribution in [0, 0.1) is 17.8 Å². The first kappa shape index (κ1) is 26.4. The SMILES string of the molecule is CC(O[C@H]1OCC[C@@H](C#CCN=[N+]=[N-])[C@@H]1c1ccccc1)c1cc(C(F)(F)F)cc(C(F)(F)F)c1. The van der Waals surface area contributed by atoms with Gasteiger partial charge in [-0.2, -0.15) is 26.3 Å². The number of nitrogens with zero attached hydrogens (tertiary/aromatic N) is 3. The minimum Gasteiger partial charge on any atom is -0.352 e. The fraction of sp³-hybridized carbons (Fsp3) is 0.417. The van der Waals surface area contributed by atoms with Crippen molar-refractivity contribution in [1.29, 1.82) is 0 Å². The molecule has 0 spiro atoms. The maximum atomic E-state index is 13.3. The largest absolute Gasteiger partial charge is 0.416 e. The highest BCUT2D eigenvalue weighted by atomic mass is 19.4. The molecule has 35 heavy (non-hydrogen) atoms. The van der Waals surface area contributed by atoms with E-state index in [1.165, 1.54) is 6.92 Å². The Morgan fingerprint density at radius 2 is 1.71 bits per heavy atom. The summed E-state index contributed by atoms with van der Waals surface area (Å²) < 4.78 is 91.4. The zero-order valence-corrected chi connectivity index (χ0v) is 18.5. The highest BCUT2D eigenvalue weighted by molar-refractivity contribution is 5.35. The molecule has 5 nitrogen and oxygen atoms in total. The van der Waals surface area contributed by atoms with Gasteiger partial charge in [-0.3, -0.25) is 0 Å². The van der Waals surface area contributed by atoms with Crippen LogP contribution in [-0.4, -0.2) is 19.4 Å². The molecule has 2 aromatic carbocycles. The van der Waals surface area contributed by atoms with Gasteiger partial charge in [0.1, 0.15) is 0 Å². The van der Waals surface area contributed by atoms with Crippen molar-refractivity contribution < 1.29 is 35.8 Å². The normalized spacial score (nSPS) is 21.4. The van der Waals surface area contributed by atoms with Crippen LogP contribution in [0.2, 0.25) is 0 Å². The number of benzene rings is 2. The summed E-state index contributed by atoms with van der Waals surface area (Å²) >= 11 is 0. The molecule has 1 heterocycles. The van der Waals surface area contributed by atoms with E-state index >= 15 is 0 Å². The van der Waals surface area contributed by atoms with E-state index < -0.39 is 41.8 Å². The van der Waals surface area contributed by atoms with E-state index in [9.17, 15) is 26.3 Å². The molecule has 1 unspecified atom stereocenters. The average Bonchev–Trinajstić information content (AvgIpc) is 2.81. The Bertz CT molecular complexity index is 1090. The van der Waals surface area contributed by atoms with Gasteiger partial charge in [0.25, 0.3) is 0 Å². The van der Waals surface area contributed by atoms with Gasteiger partial charge in [0, 0.05) is 16.7 Å². The Morgan fingerprint density at radius 3 is 2.29 bits per heavy atom. The molecule has 0 aliphatic carbocycles. The third-order valence-electron chi connectivity index (χ3n) is 5.54. The highest BCUT2D eigenvalue weighted by Gasteiger charge is 2.39. The summed E-state index contributed by atoms with van der Waals surface area (Å²) in [5, 5.41) is 3.38. The van der Waals surface area contributed by atoms with Crippen LogP contribution in [0.15, 0.2) is 53.6 Å². The van der Waals surface area contributed by atoms with E-state index in [1.807, 2.05) is 12.1 Å². The van der Waals surface area contributed by atoms with Crippen LogP contribution >= 0.6 is 0 Å². The van der Waals surface area contributed by atoms with Crippen LogP contribution in [0.1, 0.15) is 47.6 Å². The lowest BCUT2D eigenvalue weighted by molar-refractivity contribution is -0.204. The second kappa shape index (κ2) is 11.0. The van der Waals surface area contributed by atoms with Gasteiger partial charge in [-0.1, -0.05) is 47.3 Å². The topological polar surface area (TPSA) is 67.2 Å². The minimum absolute atomic E-state index is 0.0399. The number of alkyl halides is 6. The number of rotatable bonds is 5. The van der Waals surface area contributed by atoms with Crippen molar-refractivity contribution in [2.45, 2.75) is 44.0 Å². The summed E-state index contributed by atoms with van der Waals surface area (Å²) in [4.78, 5) is 2.65. The lowest BCUT2D eigenvalue weighted by atomic mass is 9.82. The van der Waals surface area contributed by atoms with Crippen LogP contribution in [0.5, 0.6) is 0 Å². The second-order valence-electron chi connectivity index (χ2n) is 7.90. The van der Waals surface area contributed by atoms with Gasteiger partial charge in [0.2, 0.25) is 0 Å². The van der Waals surface area contributed by atoms with Crippen LogP contribution in [0.3, 0.4) is 0 Å². The summed E-state index contributed by atoms with van der Waals surface area (Å²) in [6, 6.07) is 10.4. The molecule has 0 N–H and O–H groups in total. The molecule has 1 fully saturated rings. The molecule has 1 aliphatic rings. The lowest BCUT2D eigenvalue weighted by Crippen LogP contribution is -2.37. The monoisotopic (exact) mass is 497 g/mol. The molecular formula is C24H21F6N3O2. The smallest absolute Gasteiger partial charge is 0.352 e. The van der Waals surface area contributed by atoms with E-state index in [-0.39, 0.29) is 30.7 Å². The fourth-order valence-corrected chi connectivity index (χ4v) is 3.87. The molecule has 0 aromatic heterocycles. The summed E-state index contributed by atoms with van der Waals surface area (Å²) in [5.74, 6) is 5.04. The number of halogens is 6. The molecule has 0 amide bonds. The van der Waals surface area contributed by atoms with Crippen LogP contribution in [0.4, 0.5) is 26.3 Å². The molecule has 11 heteroatoms. The number of hydrogen-bond donors (Lipinski definition) is 0. The number of azide groups is 1. The van der Waals surface area contributed by atoms with Crippen LogP contribution < -0.4 is 0 Å². The Labute approximate surface area is 197 Å². The third kappa shape index (κ3) is 6.92. The maximum Gasteiger partial charge on any atom is 0.416 e. The first-order valence-electron chi connectivity index (χ1n) is 10.6. The van der Waals surface area contributed by atoms with Crippen molar-refractivity contribution in [3.05, 3.63) is 81.2 Å². The highest BCUT2D eigenvalue weighted by Crippen LogP contribution is 2.41. The predicted molar refractivity (Wildman–Crippen MR) is 115 cm³/mol. The lowest BCUT2D eigenvalue weighted by Gasteiger charge is -2.37. The summed E-state index contributed by atoms with van der Waals surface area (Å²) in [5.41, 5.74) is 6.11. The predicted octanol–water partition coefficient (Wildman–Crippen LogP) is 7.26. The van der Waals surface area contributed by atoms with Crippen molar-refractivity contribution in [2.75, 3.05) is 13.2 Å². The zero-order valence-electron chi connectivity index (χ0n) is 18.5. The number of hydrogen-bond acceptors (Lipinski definition) is 3. The quantitative estimate of drug-likeness (QED) is 0.143. The van der Waals surface area contributed by atoms with Gasteiger partial charge in [-0.05, 0) is 48.2 Å². The number of ether oxygens (including phenoxy) is 2. The summed E-state index contributed by atoms with van der Waals surface area (Å²) in [7, 11) is 0. The van der Waals surface area contributed by atoms with Crippen molar-refractivity contribution in [3.63, 3.8) is 0 Å². The standard InChI is InChI=1S/C24H21F6N3O2/c1-15(18-12-19(23(25,26)27)14-20(13-18)24(28,29)30)35-22-21(16-6-3-2-4-7-16)17(9-11-34-22)8-5-10-32-33-31/h2-4,6-7,12-15,17,21-22H,9-11H2,1H3/t15?,17-,21+,22-/m1/s1. The molecule has 1 saturated heterocycles. The first-order chi connectivity index (χ1) is 16.5. The molecular weight excluding hydrogens is 476 g/mol. The van der Waals surface area contributed by atoms with E-state index in [2.05, 4.69) is 21.9 Å². The molecule has 4 atom stereocenters. The second-order valence-corrected chi connectivity index (χ2v) is 7.90. The van der Waals surface area contributed by atoms with Gasteiger partial charge < -0.3 is 9.47 Å². The average molecular weight is 497 g/mol. The van der Waals surface area contributed by atoms with E-state index in [0.717, 1.165) is 5.56 Å². The van der Waals surface area contributed by atoms with Gasteiger partial charge in [-0.15, -0.1) is 0 Å². The minimum atomic E-state index is -4.96.